The fourth-order valence-electron chi connectivity index (χ4n) is 2.95. The van der Waals surface area contributed by atoms with Gasteiger partial charge < -0.3 is 4.74 Å². The summed E-state index contributed by atoms with van der Waals surface area (Å²) in [4.78, 5) is 33.7. The summed E-state index contributed by atoms with van der Waals surface area (Å²) >= 11 is 3.12. The van der Waals surface area contributed by atoms with Gasteiger partial charge in [0.05, 0.1) is 11.7 Å². The van der Waals surface area contributed by atoms with Crippen LogP contribution in [0.5, 0.6) is 0 Å². The fraction of sp³-hybridized carbons (Fsp3) is 0.625. The van der Waals surface area contributed by atoms with Gasteiger partial charge in [-0.2, -0.15) is 4.99 Å². The summed E-state index contributed by atoms with van der Waals surface area (Å²) in [6.07, 6.45) is 5.55. The summed E-state index contributed by atoms with van der Waals surface area (Å²) < 4.78 is 4.89. The first kappa shape index (κ1) is 16.8. The highest BCUT2D eigenvalue weighted by molar-refractivity contribution is 8.18. The first-order valence-corrected chi connectivity index (χ1v) is 9.88. The first-order valence-electron chi connectivity index (χ1n) is 8.08. The molecule has 0 aromatic heterocycles. The van der Waals surface area contributed by atoms with Crippen molar-refractivity contribution in [2.75, 3.05) is 12.4 Å². The number of esters is 1. The Kier molecular flexibility index (Phi) is 5.58. The van der Waals surface area contributed by atoms with Gasteiger partial charge in [0.25, 0.3) is 5.91 Å². The smallest absolute Gasteiger partial charge is 0.305 e. The van der Waals surface area contributed by atoms with Crippen molar-refractivity contribution in [3.05, 3.63) is 10.5 Å². The summed E-state index contributed by atoms with van der Waals surface area (Å²) in [6.45, 7) is 2.21. The molecule has 3 aliphatic rings. The standard InChI is InChI=1S/C16H20N2O3S2/c1-2-21-12(19)8-5-9-22-16-17-14(20)13-10-6-3-4-7-11(10)23-15(13)18-16/h13H,2-9H2,1H3. The molecule has 1 atom stereocenters. The highest BCUT2D eigenvalue weighted by Gasteiger charge is 2.40. The average Bonchev–Trinajstić information content (AvgIpc) is 2.90. The molecule has 7 heteroatoms. The van der Waals surface area contributed by atoms with Gasteiger partial charge in [-0.1, -0.05) is 23.5 Å². The average molecular weight is 352 g/mol. The third-order valence-corrected chi connectivity index (χ3v) is 6.18. The summed E-state index contributed by atoms with van der Waals surface area (Å²) in [6, 6.07) is 0. The number of allylic oxidation sites excluding steroid dienone is 1. The molecule has 0 saturated heterocycles. The zero-order valence-corrected chi connectivity index (χ0v) is 14.8. The number of nitrogens with zero attached hydrogens (tertiary/aromatic N) is 2. The third-order valence-electron chi connectivity index (χ3n) is 4.00. The van der Waals surface area contributed by atoms with Gasteiger partial charge in [0.2, 0.25) is 0 Å². The normalized spacial score (nSPS) is 23.2. The molecule has 5 nitrogen and oxygen atoms in total. The van der Waals surface area contributed by atoms with Crippen LogP contribution in [0.3, 0.4) is 0 Å². The lowest BCUT2D eigenvalue weighted by Gasteiger charge is -2.18. The van der Waals surface area contributed by atoms with E-state index in [4.69, 9.17) is 4.74 Å². The van der Waals surface area contributed by atoms with E-state index in [1.807, 2.05) is 0 Å². The number of amidine groups is 1. The van der Waals surface area contributed by atoms with Crippen molar-refractivity contribution >= 4 is 45.6 Å². The topological polar surface area (TPSA) is 68.1 Å². The molecule has 0 fully saturated rings. The summed E-state index contributed by atoms with van der Waals surface area (Å²) in [5.74, 6) is 0.273. The van der Waals surface area contributed by atoms with Gasteiger partial charge in [-0.25, -0.2) is 4.99 Å². The highest BCUT2D eigenvalue weighted by atomic mass is 32.2. The number of hydrogen-bond donors (Lipinski definition) is 0. The Morgan fingerprint density at radius 3 is 3.00 bits per heavy atom. The Hall–Kier alpha value is -1.08. The van der Waals surface area contributed by atoms with Crippen molar-refractivity contribution in [1.82, 2.24) is 0 Å². The fourth-order valence-corrected chi connectivity index (χ4v) is 5.14. The van der Waals surface area contributed by atoms with E-state index in [-0.39, 0.29) is 17.8 Å². The molecule has 0 saturated carbocycles. The number of amides is 1. The molecule has 2 heterocycles. The predicted molar refractivity (Wildman–Crippen MR) is 94.8 cm³/mol. The van der Waals surface area contributed by atoms with E-state index in [0.717, 1.165) is 24.3 Å². The second kappa shape index (κ2) is 7.66. The van der Waals surface area contributed by atoms with Crippen LogP contribution in [0.4, 0.5) is 0 Å². The van der Waals surface area contributed by atoms with Gasteiger partial charge in [-0.3, -0.25) is 9.59 Å². The molecule has 3 rings (SSSR count). The van der Waals surface area contributed by atoms with E-state index >= 15 is 0 Å². The second-order valence-electron chi connectivity index (χ2n) is 5.63. The number of rotatable bonds is 5. The van der Waals surface area contributed by atoms with Crippen LogP contribution in [0.1, 0.15) is 45.4 Å². The minimum Gasteiger partial charge on any atom is -0.466 e. The molecule has 0 bridgehead atoms. The second-order valence-corrected chi connectivity index (χ2v) is 7.81. The van der Waals surface area contributed by atoms with E-state index in [2.05, 4.69) is 9.98 Å². The van der Waals surface area contributed by atoms with Crippen LogP contribution in [0.25, 0.3) is 0 Å². The van der Waals surface area contributed by atoms with Crippen LogP contribution in [0.15, 0.2) is 20.5 Å². The van der Waals surface area contributed by atoms with Crippen LogP contribution in [-0.2, 0) is 14.3 Å². The Morgan fingerprint density at radius 1 is 1.35 bits per heavy atom. The number of hydrogen-bond acceptors (Lipinski definition) is 6. The van der Waals surface area contributed by atoms with Gasteiger partial charge in [-0.05, 0) is 49.5 Å². The summed E-state index contributed by atoms with van der Waals surface area (Å²) in [5, 5.41) is 1.45. The zero-order valence-electron chi connectivity index (χ0n) is 13.2. The molecule has 0 spiro atoms. The van der Waals surface area contributed by atoms with Crippen LogP contribution < -0.4 is 0 Å². The van der Waals surface area contributed by atoms with Crippen molar-refractivity contribution in [1.29, 1.82) is 0 Å². The number of ether oxygens (including phenoxy) is 1. The number of aliphatic imine (C=N–C) groups is 2. The van der Waals surface area contributed by atoms with Crippen molar-refractivity contribution in [3.63, 3.8) is 0 Å². The Labute approximate surface area is 144 Å². The van der Waals surface area contributed by atoms with Gasteiger partial charge in [0.1, 0.15) is 5.92 Å². The Morgan fingerprint density at radius 2 is 2.17 bits per heavy atom. The maximum atomic E-state index is 12.4. The third kappa shape index (κ3) is 3.88. The van der Waals surface area contributed by atoms with Crippen LogP contribution in [0, 0.1) is 5.92 Å². The molecule has 0 N–H and O–H groups in total. The Bertz CT molecular complexity index is 610. The summed E-state index contributed by atoms with van der Waals surface area (Å²) in [5.41, 5.74) is 1.26. The molecule has 124 valence electrons. The molecular weight excluding hydrogens is 332 g/mol. The van der Waals surface area contributed by atoms with Gasteiger partial charge in [0.15, 0.2) is 5.17 Å². The number of fused-ring (bicyclic) bond motifs is 2. The molecule has 1 aliphatic carbocycles. The van der Waals surface area contributed by atoms with Crippen molar-refractivity contribution in [2.45, 2.75) is 45.4 Å². The lowest BCUT2D eigenvalue weighted by Crippen LogP contribution is -2.25. The summed E-state index contributed by atoms with van der Waals surface area (Å²) in [7, 11) is 0. The molecular formula is C16H20N2O3S2. The first-order chi connectivity index (χ1) is 11.2. The highest BCUT2D eigenvalue weighted by Crippen LogP contribution is 2.47. The lowest BCUT2D eigenvalue weighted by atomic mass is 9.89. The molecule has 1 amide bonds. The molecule has 0 aromatic rings. The van der Waals surface area contributed by atoms with E-state index < -0.39 is 0 Å². The van der Waals surface area contributed by atoms with Crippen molar-refractivity contribution in [3.8, 4) is 0 Å². The monoisotopic (exact) mass is 352 g/mol. The van der Waals surface area contributed by atoms with Crippen molar-refractivity contribution in [2.24, 2.45) is 15.9 Å². The van der Waals surface area contributed by atoms with E-state index in [9.17, 15) is 9.59 Å². The molecule has 2 aliphatic heterocycles. The van der Waals surface area contributed by atoms with Crippen molar-refractivity contribution < 1.29 is 14.3 Å². The van der Waals surface area contributed by atoms with Gasteiger partial charge in [0, 0.05) is 12.2 Å². The van der Waals surface area contributed by atoms with E-state index in [0.29, 0.717) is 30.4 Å². The minimum absolute atomic E-state index is 0.0673. The number of thioether (sulfide) groups is 2. The van der Waals surface area contributed by atoms with Crippen LogP contribution in [-0.4, -0.2) is 34.4 Å². The van der Waals surface area contributed by atoms with E-state index in [1.54, 1.807) is 18.7 Å². The largest absolute Gasteiger partial charge is 0.466 e. The van der Waals surface area contributed by atoms with Gasteiger partial charge >= 0.3 is 5.97 Å². The molecule has 0 aromatic carbocycles. The van der Waals surface area contributed by atoms with Crippen LogP contribution in [0.2, 0.25) is 0 Å². The quantitative estimate of drug-likeness (QED) is 0.559. The van der Waals surface area contributed by atoms with Crippen LogP contribution >= 0.6 is 23.5 Å². The molecule has 23 heavy (non-hydrogen) atoms. The van der Waals surface area contributed by atoms with Gasteiger partial charge in [-0.15, -0.1) is 0 Å². The SMILES string of the molecule is CCOC(=O)CCCSC1=NC(=O)C2C(=N1)SC1=C2CCCC1. The predicted octanol–water partition coefficient (Wildman–Crippen LogP) is 3.55. The molecule has 1 unspecified atom stereocenters. The maximum Gasteiger partial charge on any atom is 0.305 e. The number of carbonyl (C=O) groups is 2. The maximum absolute atomic E-state index is 12.4. The Balaban J connectivity index is 1.54. The number of carbonyl (C=O) groups excluding carboxylic acids is 2. The van der Waals surface area contributed by atoms with E-state index in [1.165, 1.54) is 28.7 Å². The lowest BCUT2D eigenvalue weighted by molar-refractivity contribution is -0.143. The zero-order chi connectivity index (χ0) is 16.2. The minimum atomic E-state index is -0.195. The molecule has 0 radical (unpaired) electrons.